The van der Waals surface area contributed by atoms with Crippen LogP contribution in [0.2, 0.25) is 0 Å². The first-order valence-electron chi connectivity index (χ1n) is 11.2. The summed E-state index contributed by atoms with van der Waals surface area (Å²) >= 11 is 0. The quantitative estimate of drug-likeness (QED) is 0.259. The average Bonchev–Trinajstić information content (AvgIpc) is 3.31. The number of nitrogens with one attached hydrogen (secondary N) is 2. The monoisotopic (exact) mass is 559 g/mol. The van der Waals surface area contributed by atoms with Crippen molar-refractivity contribution in [1.29, 1.82) is 0 Å². The molecule has 0 aliphatic carbocycles. The largest absolute Gasteiger partial charge is 0.463 e. The van der Waals surface area contributed by atoms with Gasteiger partial charge in [0.15, 0.2) is 5.96 Å². The van der Waals surface area contributed by atoms with Crippen LogP contribution >= 0.6 is 24.0 Å². The lowest BCUT2D eigenvalue weighted by molar-refractivity contribution is 0.0428. The smallest absolute Gasteiger partial charge is 0.208 e. The van der Waals surface area contributed by atoms with Crippen LogP contribution in [0.3, 0.4) is 0 Å². The minimum absolute atomic E-state index is 0. The number of hydrogen-bond donors (Lipinski definition) is 3. The molecule has 0 amide bonds. The summed E-state index contributed by atoms with van der Waals surface area (Å²) in [4.78, 5) is 11.5. The average molecular weight is 559 g/mol. The highest BCUT2D eigenvalue weighted by atomic mass is 127. The van der Waals surface area contributed by atoms with Crippen LogP contribution in [0.15, 0.2) is 26.0 Å². The number of oxazole rings is 1. The van der Waals surface area contributed by atoms with Crippen LogP contribution in [-0.4, -0.2) is 53.7 Å². The molecule has 1 aliphatic heterocycles. The van der Waals surface area contributed by atoms with Crippen molar-refractivity contribution in [2.45, 2.75) is 59.6 Å². The van der Waals surface area contributed by atoms with Gasteiger partial charge in [-0.25, -0.2) is 9.98 Å². The van der Waals surface area contributed by atoms with Crippen LogP contribution in [0, 0.1) is 26.7 Å². The fourth-order valence-electron chi connectivity index (χ4n) is 3.76. The van der Waals surface area contributed by atoms with Crippen molar-refractivity contribution in [3.63, 3.8) is 0 Å². The summed E-state index contributed by atoms with van der Waals surface area (Å²) in [6.45, 7) is 14.3. The van der Waals surface area contributed by atoms with Crippen LogP contribution in [-0.2, 0) is 12.1 Å². The molecule has 9 heteroatoms. The van der Waals surface area contributed by atoms with Gasteiger partial charge in [-0.3, -0.25) is 4.90 Å². The maximum absolute atomic E-state index is 10.7. The Morgan fingerprint density at radius 1 is 1.22 bits per heavy atom. The third kappa shape index (κ3) is 7.48. The number of hydrogen-bond acceptors (Lipinski definition) is 6. The minimum Gasteiger partial charge on any atom is -0.463 e. The van der Waals surface area contributed by atoms with Crippen LogP contribution in [0.1, 0.15) is 55.6 Å². The molecule has 3 N–H and O–H groups in total. The number of rotatable bonds is 8. The fourth-order valence-corrected chi connectivity index (χ4v) is 3.76. The number of aliphatic imine (C=N–C) groups is 1. The molecule has 0 bridgehead atoms. The minimum atomic E-state index is -1.14. The number of likely N-dealkylation sites (tertiary alicyclic amines) is 1. The Hall–Kier alpha value is -1.59. The Balaban J connectivity index is 0.00000363. The highest BCUT2D eigenvalue weighted by molar-refractivity contribution is 14.0. The van der Waals surface area contributed by atoms with E-state index in [4.69, 9.17) is 8.83 Å². The Labute approximate surface area is 208 Å². The van der Waals surface area contributed by atoms with E-state index in [-0.39, 0.29) is 30.5 Å². The van der Waals surface area contributed by atoms with Crippen molar-refractivity contribution >= 4 is 29.9 Å². The summed E-state index contributed by atoms with van der Waals surface area (Å²) in [5, 5.41) is 17.4. The molecule has 0 aromatic carbocycles. The molecule has 0 spiro atoms. The van der Waals surface area contributed by atoms with Gasteiger partial charge in [0.1, 0.15) is 22.9 Å². The number of piperidine rings is 1. The number of guanidine groups is 1. The summed E-state index contributed by atoms with van der Waals surface area (Å²) < 4.78 is 11.3. The first kappa shape index (κ1) is 26.7. The van der Waals surface area contributed by atoms with Crippen molar-refractivity contribution in [2.75, 3.05) is 32.7 Å². The SMILES string of the molecule is CCNC(=NCC(C)(O)c1ccc(C)o1)NCC1CCN(Cc2nc(C)c(C)o2)CC1.I. The van der Waals surface area contributed by atoms with Crippen molar-refractivity contribution < 1.29 is 13.9 Å². The Morgan fingerprint density at radius 2 is 1.94 bits per heavy atom. The first-order valence-corrected chi connectivity index (χ1v) is 11.2. The van der Waals surface area contributed by atoms with E-state index < -0.39 is 5.60 Å². The summed E-state index contributed by atoms with van der Waals surface area (Å²) in [6.07, 6.45) is 2.24. The summed E-state index contributed by atoms with van der Waals surface area (Å²) in [5.41, 5.74) is -0.163. The molecular weight excluding hydrogens is 521 g/mol. The summed E-state index contributed by atoms with van der Waals surface area (Å²) in [5.74, 6) is 4.34. The number of aryl methyl sites for hydroxylation is 3. The second-order valence-corrected chi connectivity index (χ2v) is 8.73. The number of furan rings is 1. The molecular formula is C23H38IN5O3. The highest BCUT2D eigenvalue weighted by Gasteiger charge is 2.27. The van der Waals surface area contributed by atoms with Gasteiger partial charge in [-0.1, -0.05) is 0 Å². The van der Waals surface area contributed by atoms with E-state index in [1.807, 2.05) is 33.8 Å². The van der Waals surface area contributed by atoms with Gasteiger partial charge in [0.25, 0.3) is 0 Å². The lowest BCUT2D eigenvalue weighted by Gasteiger charge is -2.31. The zero-order valence-corrected chi connectivity index (χ0v) is 22.2. The molecule has 1 unspecified atom stereocenters. The lowest BCUT2D eigenvalue weighted by Crippen LogP contribution is -2.43. The Morgan fingerprint density at radius 3 is 2.50 bits per heavy atom. The highest BCUT2D eigenvalue weighted by Crippen LogP contribution is 2.23. The Kier molecular flexibility index (Phi) is 10.0. The van der Waals surface area contributed by atoms with Gasteiger partial charge in [0.05, 0.1) is 18.8 Å². The third-order valence-electron chi connectivity index (χ3n) is 5.86. The molecule has 3 heterocycles. The molecule has 0 saturated carbocycles. The molecule has 3 rings (SSSR count). The zero-order chi connectivity index (χ0) is 22.4. The molecule has 32 heavy (non-hydrogen) atoms. The molecule has 2 aromatic rings. The molecule has 180 valence electrons. The zero-order valence-electron chi connectivity index (χ0n) is 19.9. The lowest BCUT2D eigenvalue weighted by atomic mass is 9.97. The van der Waals surface area contributed by atoms with Gasteiger partial charge >= 0.3 is 0 Å². The van der Waals surface area contributed by atoms with Gasteiger partial charge < -0.3 is 24.6 Å². The normalized spacial score (nSPS) is 17.6. The molecule has 1 aliphatic rings. The van der Waals surface area contributed by atoms with Gasteiger partial charge in [0.2, 0.25) is 5.89 Å². The van der Waals surface area contributed by atoms with E-state index in [9.17, 15) is 5.11 Å². The molecule has 1 fully saturated rings. The maximum atomic E-state index is 10.7. The van der Waals surface area contributed by atoms with Gasteiger partial charge in [-0.15, -0.1) is 24.0 Å². The number of nitrogens with zero attached hydrogens (tertiary/aromatic N) is 3. The molecule has 1 saturated heterocycles. The summed E-state index contributed by atoms with van der Waals surface area (Å²) in [7, 11) is 0. The van der Waals surface area contributed by atoms with Crippen LogP contribution in [0.25, 0.3) is 0 Å². The van der Waals surface area contributed by atoms with E-state index in [1.165, 1.54) is 0 Å². The number of aliphatic hydroxyl groups is 1. The van der Waals surface area contributed by atoms with E-state index >= 15 is 0 Å². The van der Waals surface area contributed by atoms with Gasteiger partial charge in [-0.05, 0) is 78.6 Å². The molecule has 1 atom stereocenters. The van der Waals surface area contributed by atoms with Crippen LogP contribution in [0.4, 0.5) is 0 Å². The van der Waals surface area contributed by atoms with Crippen molar-refractivity contribution in [3.05, 3.63) is 41.0 Å². The van der Waals surface area contributed by atoms with Crippen molar-refractivity contribution in [2.24, 2.45) is 10.9 Å². The van der Waals surface area contributed by atoms with Gasteiger partial charge in [-0.2, -0.15) is 0 Å². The second kappa shape index (κ2) is 12.0. The maximum Gasteiger partial charge on any atom is 0.208 e. The van der Waals surface area contributed by atoms with E-state index in [0.29, 0.717) is 11.7 Å². The fraction of sp³-hybridized carbons (Fsp3) is 0.652. The van der Waals surface area contributed by atoms with Gasteiger partial charge in [0, 0.05) is 13.1 Å². The first-order chi connectivity index (χ1) is 14.8. The second-order valence-electron chi connectivity index (χ2n) is 8.73. The predicted octanol–water partition coefficient (Wildman–Crippen LogP) is 3.49. The molecule has 8 nitrogen and oxygen atoms in total. The van der Waals surface area contributed by atoms with E-state index in [1.54, 1.807) is 13.0 Å². The van der Waals surface area contributed by atoms with E-state index in [2.05, 4.69) is 25.5 Å². The van der Waals surface area contributed by atoms with Crippen LogP contribution < -0.4 is 10.6 Å². The van der Waals surface area contributed by atoms with Crippen molar-refractivity contribution in [1.82, 2.24) is 20.5 Å². The van der Waals surface area contributed by atoms with E-state index in [0.717, 1.165) is 74.6 Å². The molecule has 2 aromatic heterocycles. The predicted molar refractivity (Wildman–Crippen MR) is 136 cm³/mol. The van der Waals surface area contributed by atoms with Crippen LogP contribution in [0.5, 0.6) is 0 Å². The summed E-state index contributed by atoms with van der Waals surface area (Å²) in [6, 6.07) is 3.66. The topological polar surface area (TPSA) is 99.1 Å². The van der Waals surface area contributed by atoms with Crippen molar-refractivity contribution in [3.8, 4) is 0 Å². The number of aromatic nitrogens is 1. The third-order valence-corrected chi connectivity index (χ3v) is 5.86. The number of halogens is 1. The molecule has 0 radical (unpaired) electrons. The Bertz CT molecular complexity index is 849. The standard InChI is InChI=1S/C23H37N5O3.HI/c1-6-24-22(26-15-23(5,29)20-8-7-16(2)30-20)25-13-19-9-11-28(12-10-19)14-21-27-17(3)18(4)31-21;/h7-8,19,29H,6,9-15H2,1-5H3,(H2,24,25,26);1H.